The zero-order valence-electron chi connectivity index (χ0n) is 18.2. The standard InChI is InChI=1S/C22H26N8.2ClH/c1-23-13-19-21(29(27-25-19)15-17-9-5-3-6-10-17)22-20(14-24-2)26-28-30(22)16-18-11-7-4-8-12-18;;/h3-12,23-24H,13-16H2,1-2H3;2*1H. The van der Waals surface area contributed by atoms with Gasteiger partial charge in [-0.3, -0.25) is 0 Å². The SMILES string of the molecule is C[NH2+]Cc1nnn(Cc2ccccc2)c1-c1c(C[NH2+]C)nnn1Cc1ccccc1.[Cl-].[Cl-]. The molecule has 2 aromatic heterocycles. The number of hydrogen-bond acceptors (Lipinski definition) is 4. The van der Waals surface area contributed by atoms with Gasteiger partial charge in [0.2, 0.25) is 0 Å². The van der Waals surface area contributed by atoms with E-state index in [1.807, 2.05) is 59.9 Å². The van der Waals surface area contributed by atoms with Crippen molar-refractivity contribution in [3.05, 3.63) is 83.2 Å². The van der Waals surface area contributed by atoms with E-state index < -0.39 is 0 Å². The van der Waals surface area contributed by atoms with Gasteiger partial charge in [-0.2, -0.15) is 0 Å². The van der Waals surface area contributed by atoms with E-state index in [1.54, 1.807) is 0 Å². The summed E-state index contributed by atoms with van der Waals surface area (Å²) in [5, 5.41) is 22.2. The minimum Gasteiger partial charge on any atom is -1.00 e. The molecule has 2 heterocycles. The highest BCUT2D eigenvalue weighted by atomic mass is 35.5. The van der Waals surface area contributed by atoms with Crippen molar-refractivity contribution in [3.63, 3.8) is 0 Å². The first kappa shape index (κ1) is 25.5. The molecule has 0 aliphatic rings. The fraction of sp³-hybridized carbons (Fsp3) is 0.273. The minimum atomic E-state index is 0. The van der Waals surface area contributed by atoms with Crippen LogP contribution in [0.25, 0.3) is 11.4 Å². The zero-order valence-corrected chi connectivity index (χ0v) is 19.7. The van der Waals surface area contributed by atoms with Crippen LogP contribution in [0, 0.1) is 0 Å². The van der Waals surface area contributed by atoms with Crippen molar-refractivity contribution < 1.29 is 35.4 Å². The summed E-state index contributed by atoms with van der Waals surface area (Å²) in [4.78, 5) is 0. The number of nitrogens with zero attached hydrogens (tertiary/aromatic N) is 6. The minimum absolute atomic E-state index is 0. The smallest absolute Gasteiger partial charge is 0.146 e. The van der Waals surface area contributed by atoms with E-state index in [0.717, 1.165) is 35.9 Å². The maximum atomic E-state index is 4.51. The van der Waals surface area contributed by atoms with E-state index in [4.69, 9.17) is 0 Å². The lowest BCUT2D eigenvalue weighted by Gasteiger charge is -2.11. The Hall–Kier alpha value is -2.78. The highest BCUT2D eigenvalue weighted by Gasteiger charge is 2.25. The summed E-state index contributed by atoms with van der Waals surface area (Å²) in [6.45, 7) is 2.79. The number of halogens is 2. The first-order chi connectivity index (χ1) is 14.8. The van der Waals surface area contributed by atoms with Crippen LogP contribution in [0.5, 0.6) is 0 Å². The van der Waals surface area contributed by atoms with Crippen LogP contribution >= 0.6 is 0 Å². The van der Waals surface area contributed by atoms with Gasteiger partial charge < -0.3 is 35.4 Å². The molecule has 0 saturated carbocycles. The van der Waals surface area contributed by atoms with Crippen molar-refractivity contribution >= 4 is 0 Å². The molecule has 0 bridgehead atoms. The van der Waals surface area contributed by atoms with Crippen molar-refractivity contribution in [2.45, 2.75) is 26.2 Å². The maximum Gasteiger partial charge on any atom is 0.146 e. The number of hydrogen-bond donors (Lipinski definition) is 2. The summed E-state index contributed by atoms with van der Waals surface area (Å²) < 4.78 is 3.96. The average molecular weight is 475 g/mol. The van der Waals surface area contributed by atoms with Crippen molar-refractivity contribution in [2.24, 2.45) is 0 Å². The lowest BCUT2D eigenvalue weighted by Crippen LogP contribution is -3.00. The number of aromatic nitrogens is 6. The molecule has 2 aromatic carbocycles. The van der Waals surface area contributed by atoms with E-state index in [9.17, 15) is 0 Å². The quantitative estimate of drug-likeness (QED) is 0.252. The van der Waals surface area contributed by atoms with Crippen molar-refractivity contribution in [1.29, 1.82) is 0 Å². The second-order valence-corrected chi connectivity index (χ2v) is 7.28. The first-order valence-electron chi connectivity index (χ1n) is 10.3. The third-order valence-corrected chi connectivity index (χ3v) is 4.98. The molecule has 0 saturated heterocycles. The summed E-state index contributed by atoms with van der Waals surface area (Å²) in [6, 6.07) is 20.7. The lowest BCUT2D eigenvalue weighted by atomic mass is 10.1. The van der Waals surface area contributed by atoms with E-state index >= 15 is 0 Å². The number of benzene rings is 2. The lowest BCUT2D eigenvalue weighted by molar-refractivity contribution is -0.644. The molecule has 32 heavy (non-hydrogen) atoms. The molecule has 0 aliphatic heterocycles. The third kappa shape index (κ3) is 5.72. The fourth-order valence-electron chi connectivity index (χ4n) is 3.61. The van der Waals surface area contributed by atoms with Gasteiger partial charge in [0.05, 0.1) is 27.2 Å². The van der Waals surface area contributed by atoms with Gasteiger partial charge in [-0.25, -0.2) is 9.36 Å². The van der Waals surface area contributed by atoms with Gasteiger partial charge in [0.25, 0.3) is 0 Å². The number of quaternary nitrogens is 2. The Morgan fingerprint density at radius 3 is 1.34 bits per heavy atom. The van der Waals surface area contributed by atoms with Gasteiger partial charge in [-0.15, -0.1) is 10.2 Å². The van der Waals surface area contributed by atoms with Crippen LogP contribution in [0.15, 0.2) is 60.7 Å². The van der Waals surface area contributed by atoms with Crippen molar-refractivity contribution in [3.8, 4) is 11.4 Å². The number of rotatable bonds is 9. The molecule has 4 aromatic rings. The van der Waals surface area contributed by atoms with Crippen LogP contribution in [0.4, 0.5) is 0 Å². The maximum absolute atomic E-state index is 4.51. The van der Waals surface area contributed by atoms with Crippen molar-refractivity contribution in [1.82, 2.24) is 30.0 Å². The van der Waals surface area contributed by atoms with E-state index in [-0.39, 0.29) is 24.8 Å². The summed E-state index contributed by atoms with van der Waals surface area (Å²) in [7, 11) is 4.08. The highest BCUT2D eigenvalue weighted by Crippen LogP contribution is 2.26. The van der Waals surface area contributed by atoms with Gasteiger partial charge in [0.1, 0.15) is 35.9 Å². The number of nitrogens with two attached hydrogens (primary N) is 2. The van der Waals surface area contributed by atoms with Gasteiger partial charge in [-0.1, -0.05) is 71.1 Å². The molecule has 0 spiro atoms. The van der Waals surface area contributed by atoms with E-state index in [2.05, 4.69) is 55.5 Å². The second kappa shape index (κ2) is 12.3. The molecular weight excluding hydrogens is 447 g/mol. The molecular formula is C22H28Cl2N8. The molecule has 0 unspecified atom stereocenters. The molecule has 0 amide bonds. The van der Waals surface area contributed by atoms with Crippen LogP contribution in [0.3, 0.4) is 0 Å². The monoisotopic (exact) mass is 474 g/mol. The average Bonchev–Trinajstić information content (AvgIpc) is 3.33. The summed E-state index contributed by atoms with van der Waals surface area (Å²) in [5.41, 5.74) is 6.25. The molecule has 0 atom stereocenters. The third-order valence-electron chi connectivity index (χ3n) is 4.98. The van der Waals surface area contributed by atoms with E-state index in [1.165, 1.54) is 11.1 Å². The Labute approximate surface area is 200 Å². The molecule has 0 fully saturated rings. The predicted octanol–water partition coefficient (Wildman–Crippen LogP) is -5.97. The summed E-state index contributed by atoms with van der Waals surface area (Å²) in [5.74, 6) is 0. The highest BCUT2D eigenvalue weighted by molar-refractivity contribution is 5.60. The first-order valence-corrected chi connectivity index (χ1v) is 10.3. The molecule has 8 nitrogen and oxygen atoms in total. The Morgan fingerprint density at radius 2 is 1.00 bits per heavy atom. The Balaban J connectivity index is 0.00000181. The Bertz CT molecular complexity index is 992. The molecule has 10 heteroatoms. The predicted molar refractivity (Wildman–Crippen MR) is 113 cm³/mol. The Kier molecular flexibility index (Phi) is 9.80. The largest absolute Gasteiger partial charge is 1.00 e. The molecule has 0 radical (unpaired) electrons. The van der Waals surface area contributed by atoms with Crippen molar-refractivity contribution in [2.75, 3.05) is 14.1 Å². The molecule has 0 aliphatic carbocycles. The van der Waals surface area contributed by atoms with Gasteiger partial charge in [-0.05, 0) is 11.1 Å². The normalized spacial score (nSPS) is 10.4. The van der Waals surface area contributed by atoms with Crippen LogP contribution in [-0.2, 0) is 26.2 Å². The van der Waals surface area contributed by atoms with E-state index in [0.29, 0.717) is 13.1 Å². The molecule has 4 N–H and O–H groups in total. The molecule has 170 valence electrons. The van der Waals surface area contributed by atoms with Crippen LogP contribution in [-0.4, -0.2) is 44.1 Å². The van der Waals surface area contributed by atoms with Gasteiger partial charge in [0.15, 0.2) is 0 Å². The summed E-state index contributed by atoms with van der Waals surface area (Å²) >= 11 is 0. The van der Waals surface area contributed by atoms with Crippen LogP contribution in [0.1, 0.15) is 22.5 Å². The zero-order chi connectivity index (χ0) is 20.8. The van der Waals surface area contributed by atoms with Gasteiger partial charge in [0, 0.05) is 0 Å². The Morgan fingerprint density at radius 1 is 0.625 bits per heavy atom. The molecule has 4 rings (SSSR count). The van der Waals surface area contributed by atoms with Gasteiger partial charge >= 0.3 is 0 Å². The topological polar surface area (TPSA) is 94.6 Å². The second-order valence-electron chi connectivity index (χ2n) is 7.28. The summed E-state index contributed by atoms with van der Waals surface area (Å²) in [6.07, 6.45) is 0. The van der Waals surface area contributed by atoms with Crippen LogP contribution in [0.2, 0.25) is 0 Å². The fourth-order valence-corrected chi connectivity index (χ4v) is 3.61. The van der Waals surface area contributed by atoms with Crippen LogP contribution < -0.4 is 35.4 Å².